The molecule has 1 N–H and O–H groups in total. The normalized spacial score (nSPS) is 11.1. The summed E-state index contributed by atoms with van der Waals surface area (Å²) in [6, 6.07) is 15.7. The van der Waals surface area contributed by atoms with E-state index in [-0.39, 0.29) is 11.3 Å². The number of nitrogens with one attached hydrogen (secondary N) is 1. The maximum atomic E-state index is 12.2. The number of amides is 1. The number of methoxy groups -OCH3 is 1. The van der Waals surface area contributed by atoms with Gasteiger partial charge in [0.2, 0.25) is 0 Å². The third kappa shape index (κ3) is 4.59. The van der Waals surface area contributed by atoms with Gasteiger partial charge < -0.3 is 10.1 Å². The van der Waals surface area contributed by atoms with E-state index in [2.05, 4.69) is 26.1 Å². The summed E-state index contributed by atoms with van der Waals surface area (Å²) in [6.07, 6.45) is 0.746. The molecule has 3 heteroatoms. The Morgan fingerprint density at radius 1 is 1.04 bits per heavy atom. The zero-order chi connectivity index (χ0) is 16.9. The molecule has 1 amide bonds. The van der Waals surface area contributed by atoms with E-state index in [1.807, 2.05) is 48.5 Å². The molecule has 0 saturated carbocycles. The van der Waals surface area contributed by atoms with E-state index in [4.69, 9.17) is 4.74 Å². The molecule has 3 nitrogen and oxygen atoms in total. The van der Waals surface area contributed by atoms with E-state index >= 15 is 0 Å². The number of rotatable bonds is 5. The standard InChI is InChI=1S/C20H25NO2/c1-20(2,3)17-11-9-16(10-12-17)19(22)21-14-13-15-7-5-6-8-18(15)23-4/h5-12H,13-14H2,1-4H3,(H,21,22). The molecule has 122 valence electrons. The van der Waals surface area contributed by atoms with Crippen molar-refractivity contribution in [1.29, 1.82) is 0 Å². The van der Waals surface area contributed by atoms with Crippen LogP contribution in [0.15, 0.2) is 48.5 Å². The highest BCUT2D eigenvalue weighted by atomic mass is 16.5. The number of carbonyl (C=O) groups excluding carboxylic acids is 1. The molecule has 2 aromatic carbocycles. The van der Waals surface area contributed by atoms with Crippen LogP contribution in [-0.2, 0) is 11.8 Å². The van der Waals surface area contributed by atoms with Crippen molar-refractivity contribution in [3.63, 3.8) is 0 Å². The molecule has 0 fully saturated rings. The van der Waals surface area contributed by atoms with Gasteiger partial charge in [-0.2, -0.15) is 0 Å². The second kappa shape index (κ2) is 7.32. The second-order valence-corrected chi connectivity index (χ2v) is 6.65. The average Bonchev–Trinajstić information content (AvgIpc) is 2.54. The number of hydrogen-bond donors (Lipinski definition) is 1. The Morgan fingerprint density at radius 3 is 2.30 bits per heavy atom. The van der Waals surface area contributed by atoms with Crippen LogP contribution in [0.25, 0.3) is 0 Å². The highest BCUT2D eigenvalue weighted by molar-refractivity contribution is 5.94. The van der Waals surface area contributed by atoms with E-state index < -0.39 is 0 Å². The quantitative estimate of drug-likeness (QED) is 0.907. The van der Waals surface area contributed by atoms with E-state index in [1.165, 1.54) is 5.56 Å². The lowest BCUT2D eigenvalue weighted by Gasteiger charge is -2.19. The van der Waals surface area contributed by atoms with Gasteiger partial charge in [-0.1, -0.05) is 51.1 Å². The van der Waals surface area contributed by atoms with Crippen LogP contribution in [0.1, 0.15) is 42.3 Å². The largest absolute Gasteiger partial charge is 0.496 e. The minimum Gasteiger partial charge on any atom is -0.496 e. The first-order chi connectivity index (χ1) is 10.9. The van der Waals surface area contributed by atoms with E-state index in [1.54, 1.807) is 7.11 Å². The maximum absolute atomic E-state index is 12.2. The van der Waals surface area contributed by atoms with Gasteiger partial charge in [-0.15, -0.1) is 0 Å². The topological polar surface area (TPSA) is 38.3 Å². The minimum atomic E-state index is -0.0413. The third-order valence-corrected chi connectivity index (χ3v) is 3.89. The molecule has 0 aliphatic carbocycles. The minimum absolute atomic E-state index is 0.0413. The molecule has 0 bridgehead atoms. The first-order valence-electron chi connectivity index (χ1n) is 7.92. The first-order valence-corrected chi connectivity index (χ1v) is 7.92. The van der Waals surface area contributed by atoms with Crippen molar-refractivity contribution in [2.24, 2.45) is 0 Å². The van der Waals surface area contributed by atoms with Gasteiger partial charge >= 0.3 is 0 Å². The zero-order valence-corrected chi connectivity index (χ0v) is 14.3. The molecule has 0 aliphatic heterocycles. The molecule has 0 aliphatic rings. The van der Waals surface area contributed by atoms with Gasteiger partial charge in [0.05, 0.1) is 7.11 Å². The zero-order valence-electron chi connectivity index (χ0n) is 14.3. The lowest BCUT2D eigenvalue weighted by atomic mass is 9.87. The summed E-state index contributed by atoms with van der Waals surface area (Å²) in [5, 5.41) is 2.96. The van der Waals surface area contributed by atoms with Crippen molar-refractivity contribution in [3.8, 4) is 5.75 Å². The van der Waals surface area contributed by atoms with Crippen molar-refractivity contribution in [1.82, 2.24) is 5.32 Å². The van der Waals surface area contributed by atoms with Gasteiger partial charge in [0.1, 0.15) is 5.75 Å². The van der Waals surface area contributed by atoms with Crippen LogP contribution in [0.2, 0.25) is 0 Å². The van der Waals surface area contributed by atoms with Crippen LogP contribution in [0.5, 0.6) is 5.75 Å². The fourth-order valence-electron chi connectivity index (χ4n) is 2.44. The lowest BCUT2D eigenvalue weighted by Crippen LogP contribution is -2.26. The summed E-state index contributed by atoms with van der Waals surface area (Å²) in [5.41, 5.74) is 3.11. The smallest absolute Gasteiger partial charge is 0.251 e. The van der Waals surface area contributed by atoms with Crippen LogP contribution in [0.4, 0.5) is 0 Å². The maximum Gasteiger partial charge on any atom is 0.251 e. The van der Waals surface area contributed by atoms with Gasteiger partial charge in [0, 0.05) is 12.1 Å². The van der Waals surface area contributed by atoms with Gasteiger partial charge in [-0.3, -0.25) is 4.79 Å². The fraction of sp³-hybridized carbons (Fsp3) is 0.350. The highest BCUT2D eigenvalue weighted by Gasteiger charge is 2.14. The SMILES string of the molecule is COc1ccccc1CCNC(=O)c1ccc(C(C)(C)C)cc1. The summed E-state index contributed by atoms with van der Waals surface area (Å²) >= 11 is 0. The Morgan fingerprint density at radius 2 is 1.70 bits per heavy atom. The first kappa shape index (κ1) is 17.1. The molecule has 2 aromatic rings. The molecule has 23 heavy (non-hydrogen) atoms. The molecule has 0 atom stereocenters. The summed E-state index contributed by atoms with van der Waals surface area (Å²) < 4.78 is 5.32. The van der Waals surface area contributed by atoms with Crippen LogP contribution in [-0.4, -0.2) is 19.6 Å². The fourth-order valence-corrected chi connectivity index (χ4v) is 2.44. The molecular weight excluding hydrogens is 286 g/mol. The summed E-state index contributed by atoms with van der Waals surface area (Å²) in [4.78, 5) is 12.2. The lowest BCUT2D eigenvalue weighted by molar-refractivity contribution is 0.0954. The van der Waals surface area contributed by atoms with Crippen molar-refractivity contribution in [2.45, 2.75) is 32.6 Å². The Labute approximate surface area is 138 Å². The molecule has 0 aromatic heterocycles. The molecule has 0 heterocycles. The highest BCUT2D eigenvalue weighted by Crippen LogP contribution is 2.22. The van der Waals surface area contributed by atoms with E-state index in [9.17, 15) is 4.79 Å². The summed E-state index contributed by atoms with van der Waals surface area (Å²) in [7, 11) is 1.66. The predicted molar refractivity (Wildman–Crippen MR) is 94.2 cm³/mol. The Balaban J connectivity index is 1.92. The van der Waals surface area contributed by atoms with Crippen molar-refractivity contribution in [2.75, 3.05) is 13.7 Å². The van der Waals surface area contributed by atoms with Crippen LogP contribution >= 0.6 is 0 Å². The third-order valence-electron chi connectivity index (χ3n) is 3.89. The number of hydrogen-bond acceptors (Lipinski definition) is 2. The van der Waals surface area contributed by atoms with E-state index in [0.29, 0.717) is 12.1 Å². The van der Waals surface area contributed by atoms with Crippen LogP contribution in [0, 0.1) is 0 Å². The summed E-state index contributed by atoms with van der Waals surface area (Å²) in [5.74, 6) is 0.816. The number of para-hydroxylation sites is 1. The van der Waals surface area contributed by atoms with Crippen molar-refractivity contribution < 1.29 is 9.53 Å². The number of ether oxygens (including phenoxy) is 1. The predicted octanol–water partition coefficient (Wildman–Crippen LogP) is 3.97. The van der Waals surface area contributed by atoms with Crippen LogP contribution in [0.3, 0.4) is 0 Å². The van der Waals surface area contributed by atoms with Crippen molar-refractivity contribution in [3.05, 3.63) is 65.2 Å². The van der Waals surface area contributed by atoms with Crippen molar-refractivity contribution >= 4 is 5.91 Å². The molecule has 0 radical (unpaired) electrons. The molecule has 0 spiro atoms. The molecule has 0 saturated heterocycles. The molecule has 2 rings (SSSR count). The Hall–Kier alpha value is -2.29. The van der Waals surface area contributed by atoms with Gasteiger partial charge in [-0.25, -0.2) is 0 Å². The van der Waals surface area contributed by atoms with Crippen LogP contribution < -0.4 is 10.1 Å². The average molecular weight is 311 g/mol. The molecular formula is C20H25NO2. The number of carbonyl (C=O) groups is 1. The van der Waals surface area contributed by atoms with Gasteiger partial charge in [-0.05, 0) is 41.2 Å². The van der Waals surface area contributed by atoms with Gasteiger partial charge in [0.25, 0.3) is 5.91 Å². The number of benzene rings is 2. The second-order valence-electron chi connectivity index (χ2n) is 6.65. The summed E-state index contributed by atoms with van der Waals surface area (Å²) in [6.45, 7) is 7.07. The molecule has 0 unspecified atom stereocenters. The Kier molecular flexibility index (Phi) is 5.43. The Bertz CT molecular complexity index is 654. The van der Waals surface area contributed by atoms with E-state index in [0.717, 1.165) is 17.7 Å². The monoisotopic (exact) mass is 311 g/mol. The van der Waals surface area contributed by atoms with Gasteiger partial charge in [0.15, 0.2) is 0 Å².